The van der Waals surface area contributed by atoms with E-state index < -0.39 is 0 Å². The number of rotatable bonds is 0. The van der Waals surface area contributed by atoms with E-state index in [1.165, 1.54) is 25.7 Å². The van der Waals surface area contributed by atoms with Crippen LogP contribution >= 0.6 is 0 Å². The van der Waals surface area contributed by atoms with Crippen molar-refractivity contribution < 1.29 is 0 Å². The molecule has 0 saturated heterocycles. The van der Waals surface area contributed by atoms with Gasteiger partial charge in [-0.3, -0.25) is 0 Å². The molecule has 0 N–H and O–H groups in total. The second-order valence-corrected chi connectivity index (χ2v) is 4.51. The Morgan fingerprint density at radius 2 is 1.73 bits per heavy atom. The molecule has 0 unspecified atom stereocenters. The van der Waals surface area contributed by atoms with Crippen molar-refractivity contribution >= 4 is 0 Å². The van der Waals surface area contributed by atoms with E-state index >= 15 is 0 Å². The van der Waals surface area contributed by atoms with Crippen molar-refractivity contribution in [1.29, 1.82) is 0 Å². The summed E-state index contributed by atoms with van der Waals surface area (Å²) in [4.78, 5) is 0. The summed E-state index contributed by atoms with van der Waals surface area (Å²) in [5.74, 6) is 4.42. The molecule has 0 spiro atoms. The molecule has 0 bridgehead atoms. The van der Waals surface area contributed by atoms with E-state index in [9.17, 15) is 0 Å². The molecule has 3 aliphatic carbocycles. The summed E-state index contributed by atoms with van der Waals surface area (Å²) in [5.41, 5.74) is 0. The van der Waals surface area contributed by atoms with Crippen LogP contribution in [0, 0.1) is 23.7 Å². The van der Waals surface area contributed by atoms with Crippen molar-refractivity contribution in [2.24, 2.45) is 23.7 Å². The van der Waals surface area contributed by atoms with E-state index in [1.807, 2.05) is 0 Å². The van der Waals surface area contributed by atoms with Crippen LogP contribution in [-0.2, 0) is 0 Å². The SMILES string of the molecule is C1=C[C@H]2[C@@H](CC1)[C@@H]1CCC[C@H]21. The van der Waals surface area contributed by atoms with Crippen LogP contribution in [-0.4, -0.2) is 0 Å². The quantitative estimate of drug-likeness (QED) is 0.463. The predicted octanol–water partition coefficient (Wildman–Crippen LogP) is 3.00. The van der Waals surface area contributed by atoms with Crippen molar-refractivity contribution in [3.63, 3.8) is 0 Å². The van der Waals surface area contributed by atoms with Gasteiger partial charge < -0.3 is 0 Å². The Balaban J connectivity index is 1.85. The summed E-state index contributed by atoms with van der Waals surface area (Å²) in [6.45, 7) is 0. The van der Waals surface area contributed by atoms with E-state index in [0.29, 0.717) is 0 Å². The third-order valence-electron chi connectivity index (χ3n) is 4.19. The highest BCUT2D eigenvalue weighted by molar-refractivity contribution is 5.11. The zero-order valence-electron chi connectivity index (χ0n) is 7.00. The van der Waals surface area contributed by atoms with Crippen LogP contribution < -0.4 is 0 Å². The summed E-state index contributed by atoms with van der Waals surface area (Å²) in [6.07, 6.45) is 12.4. The van der Waals surface area contributed by atoms with Gasteiger partial charge in [0.15, 0.2) is 0 Å². The summed E-state index contributed by atoms with van der Waals surface area (Å²) in [6, 6.07) is 0. The molecule has 60 valence electrons. The summed E-state index contributed by atoms with van der Waals surface area (Å²) >= 11 is 0. The lowest BCUT2D eigenvalue weighted by Crippen LogP contribution is -2.43. The predicted molar refractivity (Wildman–Crippen MR) is 46.2 cm³/mol. The van der Waals surface area contributed by atoms with E-state index in [4.69, 9.17) is 0 Å². The third kappa shape index (κ3) is 0.706. The van der Waals surface area contributed by atoms with Crippen molar-refractivity contribution in [2.75, 3.05) is 0 Å². The zero-order valence-corrected chi connectivity index (χ0v) is 7.00. The Bertz CT molecular complexity index is 192. The van der Waals surface area contributed by atoms with Crippen LogP contribution in [0.15, 0.2) is 12.2 Å². The van der Waals surface area contributed by atoms with E-state index in [0.717, 1.165) is 23.7 Å². The molecular formula is C11H16. The van der Waals surface area contributed by atoms with Crippen molar-refractivity contribution in [1.82, 2.24) is 0 Å². The molecule has 0 aliphatic heterocycles. The second kappa shape index (κ2) is 2.12. The molecule has 0 aromatic heterocycles. The maximum Gasteiger partial charge on any atom is -0.0171 e. The largest absolute Gasteiger partial charge is 0.0882 e. The summed E-state index contributed by atoms with van der Waals surface area (Å²) < 4.78 is 0. The minimum Gasteiger partial charge on any atom is -0.0882 e. The molecule has 11 heavy (non-hydrogen) atoms. The normalized spacial score (nSPS) is 53.1. The minimum atomic E-state index is 1.02. The number of hydrogen-bond donors (Lipinski definition) is 0. The lowest BCUT2D eigenvalue weighted by Gasteiger charge is -2.49. The van der Waals surface area contributed by atoms with Crippen LogP contribution in [0.3, 0.4) is 0 Å². The zero-order chi connectivity index (χ0) is 7.26. The van der Waals surface area contributed by atoms with Gasteiger partial charge in [-0.05, 0) is 49.4 Å². The van der Waals surface area contributed by atoms with Crippen LogP contribution in [0.25, 0.3) is 0 Å². The fourth-order valence-corrected chi connectivity index (χ4v) is 3.72. The van der Waals surface area contributed by atoms with Crippen LogP contribution in [0.2, 0.25) is 0 Å². The maximum absolute atomic E-state index is 2.51. The Morgan fingerprint density at radius 1 is 0.909 bits per heavy atom. The molecule has 0 radical (unpaired) electrons. The molecule has 3 rings (SSSR count). The summed E-state index contributed by atoms with van der Waals surface area (Å²) in [7, 11) is 0. The molecule has 0 amide bonds. The van der Waals surface area contributed by atoms with Gasteiger partial charge in [0.2, 0.25) is 0 Å². The van der Waals surface area contributed by atoms with Gasteiger partial charge in [-0.15, -0.1) is 0 Å². The molecule has 0 aromatic rings. The van der Waals surface area contributed by atoms with Crippen LogP contribution in [0.4, 0.5) is 0 Å². The monoisotopic (exact) mass is 148 g/mol. The number of allylic oxidation sites excluding steroid dienone is 2. The van der Waals surface area contributed by atoms with Crippen molar-refractivity contribution in [3.8, 4) is 0 Å². The van der Waals surface area contributed by atoms with Gasteiger partial charge in [-0.25, -0.2) is 0 Å². The van der Waals surface area contributed by atoms with E-state index in [2.05, 4.69) is 12.2 Å². The summed E-state index contributed by atoms with van der Waals surface area (Å²) in [5, 5.41) is 0. The Morgan fingerprint density at radius 3 is 2.73 bits per heavy atom. The Labute approximate surface area is 68.7 Å². The molecule has 2 fully saturated rings. The Kier molecular flexibility index (Phi) is 1.21. The van der Waals surface area contributed by atoms with Gasteiger partial charge in [0.05, 0.1) is 0 Å². The fraction of sp³-hybridized carbons (Fsp3) is 0.818. The first-order chi connectivity index (χ1) is 5.47. The first-order valence-electron chi connectivity index (χ1n) is 5.13. The fourth-order valence-electron chi connectivity index (χ4n) is 3.72. The molecule has 0 heterocycles. The molecule has 0 aromatic carbocycles. The molecular weight excluding hydrogens is 132 g/mol. The van der Waals surface area contributed by atoms with Gasteiger partial charge in [-0.1, -0.05) is 18.6 Å². The van der Waals surface area contributed by atoms with Gasteiger partial charge in [-0.2, -0.15) is 0 Å². The minimum absolute atomic E-state index is 1.02. The average molecular weight is 148 g/mol. The first kappa shape index (κ1) is 6.28. The highest BCUT2D eigenvalue weighted by Crippen LogP contribution is 2.58. The third-order valence-corrected chi connectivity index (χ3v) is 4.19. The van der Waals surface area contributed by atoms with Gasteiger partial charge in [0, 0.05) is 0 Å². The van der Waals surface area contributed by atoms with Gasteiger partial charge >= 0.3 is 0 Å². The smallest absolute Gasteiger partial charge is 0.0171 e. The van der Waals surface area contributed by atoms with E-state index in [-0.39, 0.29) is 0 Å². The number of hydrogen-bond acceptors (Lipinski definition) is 0. The molecule has 0 heteroatoms. The molecule has 4 atom stereocenters. The standard InChI is InChI=1S/C11H16/c1-2-5-9-8(4-1)10-6-3-7-11(9)10/h1,4,8-11H,2-3,5-7H2/t8-,9+,10+,11-/m0/s1. The lowest BCUT2D eigenvalue weighted by molar-refractivity contribution is 0.0252. The van der Waals surface area contributed by atoms with Crippen LogP contribution in [0.1, 0.15) is 32.1 Å². The topological polar surface area (TPSA) is 0 Å². The van der Waals surface area contributed by atoms with Crippen molar-refractivity contribution in [3.05, 3.63) is 12.2 Å². The highest BCUT2D eigenvalue weighted by atomic mass is 14.5. The Hall–Kier alpha value is -0.260. The maximum atomic E-state index is 2.51. The van der Waals surface area contributed by atoms with Crippen molar-refractivity contribution in [2.45, 2.75) is 32.1 Å². The van der Waals surface area contributed by atoms with Crippen LogP contribution in [0.5, 0.6) is 0 Å². The van der Waals surface area contributed by atoms with E-state index in [1.54, 1.807) is 6.42 Å². The average Bonchev–Trinajstić information content (AvgIpc) is 2.44. The molecule has 0 nitrogen and oxygen atoms in total. The lowest BCUT2D eigenvalue weighted by atomic mass is 9.55. The second-order valence-electron chi connectivity index (χ2n) is 4.51. The molecule has 2 saturated carbocycles. The van der Waals surface area contributed by atoms with Gasteiger partial charge in [0.1, 0.15) is 0 Å². The highest BCUT2D eigenvalue weighted by Gasteiger charge is 2.50. The molecule has 3 aliphatic rings. The number of fused-ring (bicyclic) bond motifs is 4. The first-order valence-corrected chi connectivity index (χ1v) is 5.13. The van der Waals surface area contributed by atoms with Gasteiger partial charge in [0.25, 0.3) is 0 Å².